The molecule has 0 fully saturated rings. The molecule has 0 N–H and O–H groups in total. The number of halogens is 3. The number of pyridine rings is 1. The van der Waals surface area contributed by atoms with Gasteiger partial charge >= 0.3 is 0 Å². The largest absolute Gasteiger partial charge is 0.485 e. The van der Waals surface area contributed by atoms with Gasteiger partial charge in [0.15, 0.2) is 11.4 Å². The van der Waals surface area contributed by atoms with Gasteiger partial charge in [0.25, 0.3) is 0 Å². The number of aryl methyl sites for hydroxylation is 1. The molecule has 5 nitrogen and oxygen atoms in total. The number of nitrogens with zero attached hydrogens (tertiary/aromatic N) is 3. The predicted octanol–water partition coefficient (Wildman–Crippen LogP) is 5.36. The van der Waals surface area contributed by atoms with Crippen molar-refractivity contribution >= 4 is 68.1 Å². The minimum atomic E-state index is 0.00562. The third-order valence-electron chi connectivity index (χ3n) is 4.40. The topological polar surface area (TPSA) is 46.8 Å². The maximum Gasteiger partial charge on any atom is 0.237 e. The Bertz CT molecular complexity index is 1090. The molecular formula is C18H14BrCl2N3O2S. The van der Waals surface area contributed by atoms with Crippen molar-refractivity contribution in [1.29, 1.82) is 0 Å². The third-order valence-corrected chi connectivity index (χ3v) is 7.11. The Morgan fingerprint density at radius 3 is 2.96 bits per heavy atom. The number of imidazole rings is 1. The van der Waals surface area contributed by atoms with Crippen LogP contribution in [0.25, 0.3) is 5.65 Å². The molecule has 0 bridgehead atoms. The van der Waals surface area contributed by atoms with Crippen molar-refractivity contribution in [2.45, 2.75) is 18.4 Å². The minimum absolute atomic E-state index is 0.00562. The lowest BCUT2D eigenvalue weighted by Crippen LogP contribution is -2.31. The van der Waals surface area contributed by atoms with E-state index in [2.05, 4.69) is 20.9 Å². The molecule has 1 aliphatic heterocycles. The van der Waals surface area contributed by atoms with Gasteiger partial charge in [-0.15, -0.1) is 11.8 Å². The van der Waals surface area contributed by atoms with Crippen LogP contribution in [-0.4, -0.2) is 28.1 Å². The Hall–Kier alpha value is -1.41. The summed E-state index contributed by atoms with van der Waals surface area (Å²) in [6, 6.07) is 5.57. The van der Waals surface area contributed by atoms with E-state index in [0.717, 1.165) is 15.2 Å². The average molecular weight is 487 g/mol. The fourth-order valence-electron chi connectivity index (χ4n) is 2.93. The molecule has 0 aliphatic carbocycles. The van der Waals surface area contributed by atoms with Crippen LogP contribution in [0, 0.1) is 6.92 Å². The molecule has 1 aromatic carbocycles. The molecule has 2 aromatic heterocycles. The summed E-state index contributed by atoms with van der Waals surface area (Å²) in [6.45, 7) is 2.09. The lowest BCUT2D eigenvalue weighted by Gasteiger charge is -2.27. The Balaban J connectivity index is 1.70. The summed E-state index contributed by atoms with van der Waals surface area (Å²) in [5, 5.41) is 0.954. The second kappa shape index (κ2) is 7.20. The molecule has 9 heteroatoms. The monoisotopic (exact) mass is 485 g/mol. The number of carbonyl (C=O) groups is 1. The molecule has 27 heavy (non-hydrogen) atoms. The highest BCUT2D eigenvalue weighted by atomic mass is 79.9. The smallest absolute Gasteiger partial charge is 0.237 e. The van der Waals surface area contributed by atoms with Gasteiger partial charge in [-0.25, -0.2) is 4.98 Å². The summed E-state index contributed by atoms with van der Waals surface area (Å²) in [7, 11) is 1.72. The fourth-order valence-corrected chi connectivity index (χ4v) is 5.17. The van der Waals surface area contributed by atoms with Crippen LogP contribution in [0.15, 0.2) is 33.9 Å². The van der Waals surface area contributed by atoms with E-state index in [1.165, 1.54) is 11.8 Å². The van der Waals surface area contributed by atoms with E-state index in [0.29, 0.717) is 38.4 Å². The van der Waals surface area contributed by atoms with E-state index in [-0.39, 0.29) is 12.5 Å². The first kappa shape index (κ1) is 18.9. The summed E-state index contributed by atoms with van der Waals surface area (Å²) in [5.41, 5.74) is 2.89. The van der Waals surface area contributed by atoms with Crippen molar-refractivity contribution < 1.29 is 9.53 Å². The lowest BCUT2D eigenvalue weighted by atomic mass is 10.2. The molecule has 0 unspecified atom stereocenters. The molecule has 140 valence electrons. The van der Waals surface area contributed by atoms with Crippen molar-refractivity contribution in [3.8, 4) is 5.75 Å². The highest BCUT2D eigenvalue weighted by Crippen LogP contribution is 2.44. The number of rotatable bonds is 3. The number of hydrogen-bond donors (Lipinski definition) is 0. The summed E-state index contributed by atoms with van der Waals surface area (Å²) >= 11 is 18.0. The van der Waals surface area contributed by atoms with Gasteiger partial charge < -0.3 is 9.64 Å². The Labute approximate surface area is 178 Å². The molecule has 0 radical (unpaired) electrons. The summed E-state index contributed by atoms with van der Waals surface area (Å²) in [5.74, 6) is 1.00. The van der Waals surface area contributed by atoms with Crippen LogP contribution in [0.3, 0.4) is 0 Å². The van der Waals surface area contributed by atoms with Gasteiger partial charge in [0, 0.05) is 28.7 Å². The highest BCUT2D eigenvalue weighted by molar-refractivity contribution is 9.10. The van der Waals surface area contributed by atoms with Gasteiger partial charge in [-0.3, -0.25) is 9.20 Å². The standard InChI is InChI=1S/C18H14BrCl2N3O2S/c1-9-17(19)24-5-3-4-12(18(24)22-9)26-7-10-11(20)6-13-16(15(10)21)23(2)14(25)8-27-13/h3-6H,7-8H2,1-2H3. The quantitative estimate of drug-likeness (QED) is 0.500. The number of anilines is 1. The molecule has 0 saturated heterocycles. The van der Waals surface area contributed by atoms with E-state index in [4.69, 9.17) is 27.9 Å². The van der Waals surface area contributed by atoms with E-state index in [1.807, 2.05) is 35.7 Å². The maximum atomic E-state index is 12.0. The summed E-state index contributed by atoms with van der Waals surface area (Å²) < 4.78 is 8.79. The molecule has 4 rings (SSSR count). The second-order valence-corrected chi connectivity index (χ2v) is 8.64. The summed E-state index contributed by atoms with van der Waals surface area (Å²) in [4.78, 5) is 19.0. The van der Waals surface area contributed by atoms with E-state index in [9.17, 15) is 4.79 Å². The number of aromatic nitrogens is 2. The predicted molar refractivity (Wildman–Crippen MR) is 113 cm³/mol. The van der Waals surface area contributed by atoms with Crippen LogP contribution in [0.5, 0.6) is 5.75 Å². The van der Waals surface area contributed by atoms with Crippen molar-refractivity contribution in [2.75, 3.05) is 17.7 Å². The van der Waals surface area contributed by atoms with E-state index in [1.54, 1.807) is 11.9 Å². The zero-order valence-corrected chi connectivity index (χ0v) is 18.3. The Kier molecular flexibility index (Phi) is 5.05. The Morgan fingerprint density at radius 1 is 1.41 bits per heavy atom. The average Bonchev–Trinajstić information content (AvgIpc) is 2.93. The van der Waals surface area contributed by atoms with Crippen LogP contribution >= 0.6 is 50.9 Å². The number of benzene rings is 1. The van der Waals surface area contributed by atoms with Gasteiger partial charge in [-0.2, -0.15) is 0 Å². The van der Waals surface area contributed by atoms with Gasteiger partial charge in [0.2, 0.25) is 5.91 Å². The molecule has 0 saturated carbocycles. The molecule has 0 atom stereocenters. The van der Waals surface area contributed by atoms with Crippen LogP contribution in [-0.2, 0) is 11.4 Å². The number of amides is 1. The van der Waals surface area contributed by atoms with Crippen LogP contribution in [0.1, 0.15) is 11.3 Å². The zero-order valence-electron chi connectivity index (χ0n) is 14.4. The number of hydrogen-bond acceptors (Lipinski definition) is 4. The maximum absolute atomic E-state index is 12.0. The molecule has 3 aromatic rings. The number of ether oxygens (including phenoxy) is 1. The number of carbonyl (C=O) groups excluding carboxylic acids is 1. The van der Waals surface area contributed by atoms with Gasteiger partial charge in [0.1, 0.15) is 11.2 Å². The van der Waals surface area contributed by atoms with Crippen molar-refractivity contribution in [1.82, 2.24) is 9.38 Å². The van der Waals surface area contributed by atoms with Crippen LogP contribution < -0.4 is 9.64 Å². The number of thioether (sulfide) groups is 1. The highest BCUT2D eigenvalue weighted by Gasteiger charge is 2.27. The molecule has 3 heterocycles. The normalized spacial score (nSPS) is 14.0. The van der Waals surface area contributed by atoms with E-state index >= 15 is 0 Å². The second-order valence-electron chi connectivity index (χ2n) is 6.08. The first-order valence-electron chi connectivity index (χ1n) is 8.04. The van der Waals surface area contributed by atoms with Gasteiger partial charge in [-0.1, -0.05) is 23.2 Å². The van der Waals surface area contributed by atoms with Gasteiger partial charge in [-0.05, 0) is 41.1 Å². The molecular weight excluding hydrogens is 473 g/mol. The molecule has 1 amide bonds. The van der Waals surface area contributed by atoms with Crippen LogP contribution in [0.2, 0.25) is 10.0 Å². The minimum Gasteiger partial charge on any atom is -0.485 e. The van der Waals surface area contributed by atoms with Crippen molar-refractivity contribution in [2.24, 2.45) is 0 Å². The Morgan fingerprint density at radius 2 is 2.19 bits per heavy atom. The lowest BCUT2D eigenvalue weighted by molar-refractivity contribution is -0.116. The number of fused-ring (bicyclic) bond motifs is 2. The third kappa shape index (κ3) is 3.20. The van der Waals surface area contributed by atoms with Gasteiger partial charge in [0.05, 0.1) is 22.2 Å². The SMILES string of the molecule is Cc1nc2c(OCc3c(Cl)cc4c(c3Cl)N(C)C(=O)CS4)cccn2c1Br. The first-order chi connectivity index (χ1) is 12.9. The van der Waals surface area contributed by atoms with Crippen molar-refractivity contribution in [3.05, 3.63) is 50.3 Å². The van der Waals surface area contributed by atoms with E-state index < -0.39 is 0 Å². The fraction of sp³-hybridized carbons (Fsp3) is 0.222. The molecule has 1 aliphatic rings. The molecule has 0 spiro atoms. The van der Waals surface area contributed by atoms with Crippen molar-refractivity contribution in [3.63, 3.8) is 0 Å². The zero-order chi connectivity index (χ0) is 19.3. The summed E-state index contributed by atoms with van der Waals surface area (Å²) in [6.07, 6.45) is 1.91. The first-order valence-corrected chi connectivity index (χ1v) is 10.6. The van der Waals surface area contributed by atoms with Crippen LogP contribution in [0.4, 0.5) is 5.69 Å².